The summed E-state index contributed by atoms with van der Waals surface area (Å²) >= 11 is 8.88. The van der Waals surface area contributed by atoms with Crippen LogP contribution in [0.15, 0.2) is 47.5 Å². The van der Waals surface area contributed by atoms with Crippen molar-refractivity contribution in [3.05, 3.63) is 57.9 Å². The Labute approximate surface area is 206 Å². The zero-order valence-corrected chi connectivity index (χ0v) is 20.8. The van der Waals surface area contributed by atoms with Gasteiger partial charge in [-0.05, 0) is 49.6 Å². The molecular formula is C24H26ClN3O3S2. The third kappa shape index (κ3) is 5.87. The Morgan fingerprint density at radius 2 is 2.06 bits per heavy atom. The number of thioether (sulfide) groups is 1. The Kier molecular flexibility index (Phi) is 8.25. The molecule has 1 aliphatic heterocycles. The van der Waals surface area contributed by atoms with Crippen LogP contribution in [0.2, 0.25) is 5.02 Å². The van der Waals surface area contributed by atoms with Crippen molar-refractivity contribution in [1.82, 2.24) is 4.57 Å². The van der Waals surface area contributed by atoms with E-state index in [-0.39, 0.29) is 23.3 Å². The molecule has 9 heteroatoms. The molecule has 1 aromatic heterocycles. The molecule has 0 unspecified atom stereocenters. The molecule has 2 amide bonds. The third-order valence-electron chi connectivity index (χ3n) is 5.39. The average molecular weight is 504 g/mol. The average Bonchev–Trinajstić information content (AvgIpc) is 3.14. The number of carbonyl (C=O) groups is 2. The van der Waals surface area contributed by atoms with Gasteiger partial charge in [-0.15, -0.1) is 11.8 Å². The van der Waals surface area contributed by atoms with Gasteiger partial charge in [-0.2, -0.15) is 4.99 Å². The van der Waals surface area contributed by atoms with Gasteiger partial charge in [-0.1, -0.05) is 41.1 Å². The number of ether oxygens (including phenoxy) is 1. The van der Waals surface area contributed by atoms with Gasteiger partial charge in [0, 0.05) is 30.4 Å². The van der Waals surface area contributed by atoms with E-state index < -0.39 is 0 Å². The molecule has 0 aliphatic carbocycles. The molecule has 1 aliphatic rings. The van der Waals surface area contributed by atoms with Crippen LogP contribution < -0.4 is 9.70 Å². The number of hydrogen-bond donors (Lipinski definition) is 0. The van der Waals surface area contributed by atoms with Crippen LogP contribution in [0.1, 0.15) is 18.9 Å². The lowest BCUT2D eigenvalue weighted by molar-refractivity contribution is -0.116. The molecule has 0 atom stereocenters. The maximum Gasteiger partial charge on any atom is 0.258 e. The highest BCUT2D eigenvalue weighted by molar-refractivity contribution is 8.00. The number of thiazole rings is 1. The van der Waals surface area contributed by atoms with Crippen LogP contribution in [0.5, 0.6) is 0 Å². The molecule has 2 heterocycles. The van der Waals surface area contributed by atoms with E-state index in [0.717, 1.165) is 35.3 Å². The van der Waals surface area contributed by atoms with E-state index in [0.29, 0.717) is 29.6 Å². The Balaban J connectivity index is 1.42. The standard InChI is InChI=1S/C24H26ClN3O3S2/c1-2-31-13-12-28-20-10-9-18(25)14-21(20)33-24(28)26-22(29)15-32-16-23(30)27-11-5-7-17-6-3-4-8-19(17)27/h3-4,6,8-10,14H,2,5,7,11-13,15-16H2,1H3. The smallest absolute Gasteiger partial charge is 0.258 e. The first-order valence-electron chi connectivity index (χ1n) is 11.0. The summed E-state index contributed by atoms with van der Waals surface area (Å²) in [5, 5.41) is 0.645. The molecule has 0 saturated carbocycles. The van der Waals surface area contributed by atoms with E-state index in [1.54, 1.807) is 0 Å². The molecule has 0 radical (unpaired) electrons. The van der Waals surface area contributed by atoms with Gasteiger partial charge in [0.1, 0.15) is 0 Å². The summed E-state index contributed by atoms with van der Waals surface area (Å²) in [6.45, 7) is 4.44. The zero-order valence-electron chi connectivity index (χ0n) is 18.5. The summed E-state index contributed by atoms with van der Waals surface area (Å²) in [4.78, 5) is 32.2. The second-order valence-corrected chi connectivity index (χ2v) is 10.1. The Morgan fingerprint density at radius 1 is 1.21 bits per heavy atom. The molecule has 0 bridgehead atoms. The van der Waals surface area contributed by atoms with Crippen molar-refractivity contribution in [1.29, 1.82) is 0 Å². The Hall–Kier alpha value is -2.13. The van der Waals surface area contributed by atoms with Crippen molar-refractivity contribution in [3.63, 3.8) is 0 Å². The van der Waals surface area contributed by atoms with Crippen LogP contribution >= 0.6 is 34.7 Å². The Bertz CT molecular complexity index is 1220. The monoisotopic (exact) mass is 503 g/mol. The molecule has 0 N–H and O–H groups in total. The summed E-state index contributed by atoms with van der Waals surface area (Å²) in [7, 11) is 0. The number of hydrogen-bond acceptors (Lipinski definition) is 5. The molecule has 0 saturated heterocycles. The fourth-order valence-electron chi connectivity index (χ4n) is 3.88. The molecule has 2 aromatic carbocycles. The normalized spacial score (nSPS) is 14.0. The molecule has 4 rings (SSSR count). The lowest BCUT2D eigenvalue weighted by Gasteiger charge is -2.29. The minimum atomic E-state index is -0.255. The number of aryl methyl sites for hydroxylation is 1. The maximum absolute atomic E-state index is 12.8. The van der Waals surface area contributed by atoms with E-state index in [2.05, 4.69) is 11.1 Å². The lowest BCUT2D eigenvalue weighted by Crippen LogP contribution is -2.36. The first-order chi connectivity index (χ1) is 16.1. The van der Waals surface area contributed by atoms with E-state index in [4.69, 9.17) is 16.3 Å². The molecule has 33 heavy (non-hydrogen) atoms. The summed E-state index contributed by atoms with van der Waals surface area (Å²) in [5.74, 6) is 0.182. The summed E-state index contributed by atoms with van der Waals surface area (Å²) in [6.07, 6.45) is 1.95. The SMILES string of the molecule is CCOCCn1c(=NC(=O)CSCC(=O)N2CCCc3ccccc32)sc2cc(Cl)ccc21. The summed E-state index contributed by atoms with van der Waals surface area (Å²) in [6, 6.07) is 13.7. The maximum atomic E-state index is 12.8. The second-order valence-electron chi connectivity index (χ2n) is 7.62. The van der Waals surface area contributed by atoms with Gasteiger partial charge < -0.3 is 14.2 Å². The number of rotatable bonds is 8. The predicted molar refractivity (Wildman–Crippen MR) is 136 cm³/mol. The molecule has 0 spiro atoms. The van der Waals surface area contributed by atoms with Gasteiger partial charge in [-0.25, -0.2) is 0 Å². The fourth-order valence-corrected chi connectivity index (χ4v) is 5.90. The van der Waals surface area contributed by atoms with Crippen molar-refractivity contribution in [2.45, 2.75) is 26.3 Å². The number of anilines is 1. The van der Waals surface area contributed by atoms with Crippen molar-refractivity contribution in [2.24, 2.45) is 4.99 Å². The number of halogens is 1. The highest BCUT2D eigenvalue weighted by Gasteiger charge is 2.22. The number of para-hydroxylation sites is 1. The highest BCUT2D eigenvalue weighted by Crippen LogP contribution is 2.27. The molecule has 3 aromatic rings. The van der Waals surface area contributed by atoms with Crippen LogP contribution in [0.4, 0.5) is 5.69 Å². The van der Waals surface area contributed by atoms with E-state index in [1.165, 1.54) is 28.7 Å². The topological polar surface area (TPSA) is 63.9 Å². The van der Waals surface area contributed by atoms with Gasteiger partial charge >= 0.3 is 0 Å². The van der Waals surface area contributed by atoms with Crippen molar-refractivity contribution >= 4 is 62.4 Å². The van der Waals surface area contributed by atoms with E-state index >= 15 is 0 Å². The highest BCUT2D eigenvalue weighted by atomic mass is 35.5. The van der Waals surface area contributed by atoms with Gasteiger partial charge in [-0.3, -0.25) is 9.59 Å². The molecule has 174 valence electrons. The zero-order chi connectivity index (χ0) is 23.2. The van der Waals surface area contributed by atoms with Crippen LogP contribution in [0.25, 0.3) is 10.2 Å². The summed E-state index contributed by atoms with van der Waals surface area (Å²) < 4.78 is 8.46. The number of fused-ring (bicyclic) bond motifs is 2. The minimum Gasteiger partial charge on any atom is -0.380 e. The largest absolute Gasteiger partial charge is 0.380 e. The van der Waals surface area contributed by atoms with Crippen molar-refractivity contribution in [3.8, 4) is 0 Å². The van der Waals surface area contributed by atoms with Gasteiger partial charge in [0.2, 0.25) is 5.91 Å². The molecule has 6 nitrogen and oxygen atoms in total. The quantitative estimate of drug-likeness (QED) is 0.423. The van der Waals surface area contributed by atoms with Crippen LogP contribution in [-0.2, 0) is 27.3 Å². The van der Waals surface area contributed by atoms with E-state index in [1.807, 2.05) is 52.8 Å². The van der Waals surface area contributed by atoms with Crippen LogP contribution in [-0.4, -0.2) is 47.6 Å². The first-order valence-corrected chi connectivity index (χ1v) is 13.3. The number of carbonyl (C=O) groups excluding carboxylic acids is 2. The van der Waals surface area contributed by atoms with Crippen molar-refractivity contribution in [2.75, 3.05) is 36.2 Å². The first kappa shape index (κ1) is 24.0. The van der Waals surface area contributed by atoms with Crippen molar-refractivity contribution < 1.29 is 14.3 Å². The van der Waals surface area contributed by atoms with Crippen LogP contribution in [0.3, 0.4) is 0 Å². The molecule has 0 fully saturated rings. The molecular weight excluding hydrogens is 478 g/mol. The van der Waals surface area contributed by atoms with Gasteiger partial charge in [0.05, 0.1) is 28.3 Å². The lowest BCUT2D eigenvalue weighted by atomic mass is 10.0. The number of benzene rings is 2. The third-order valence-corrected chi connectivity index (χ3v) is 7.57. The minimum absolute atomic E-state index is 0.0308. The van der Waals surface area contributed by atoms with Gasteiger partial charge in [0.25, 0.3) is 5.91 Å². The van der Waals surface area contributed by atoms with Gasteiger partial charge in [0.15, 0.2) is 4.80 Å². The summed E-state index contributed by atoms with van der Waals surface area (Å²) in [5.41, 5.74) is 3.17. The second kappa shape index (κ2) is 11.3. The van der Waals surface area contributed by atoms with E-state index in [9.17, 15) is 9.59 Å². The number of amides is 2. The fraction of sp³-hybridized carbons (Fsp3) is 0.375. The van der Waals surface area contributed by atoms with Crippen LogP contribution in [0, 0.1) is 0 Å². The predicted octanol–water partition coefficient (Wildman–Crippen LogP) is 4.53. The Morgan fingerprint density at radius 3 is 2.91 bits per heavy atom. The number of nitrogens with zero attached hydrogens (tertiary/aromatic N) is 3. The number of aromatic nitrogens is 1.